The molecule has 0 saturated carbocycles. The van der Waals surface area contributed by atoms with Crippen molar-refractivity contribution in [3.63, 3.8) is 0 Å². The Morgan fingerprint density at radius 1 is 1.20 bits per heavy atom. The van der Waals surface area contributed by atoms with Crippen LogP contribution in [-0.2, 0) is 4.79 Å². The van der Waals surface area contributed by atoms with Gasteiger partial charge in [-0.3, -0.25) is 10.1 Å². The van der Waals surface area contributed by atoms with Crippen LogP contribution in [0.3, 0.4) is 0 Å². The molecule has 3 aromatic rings. The van der Waals surface area contributed by atoms with E-state index >= 15 is 0 Å². The quantitative estimate of drug-likeness (QED) is 0.772. The number of hydrogen-bond acceptors (Lipinski definition) is 6. The minimum Gasteiger partial charge on any atom is -0.484 e. The zero-order valence-electron chi connectivity index (χ0n) is 13.8. The molecule has 0 aliphatic carbocycles. The van der Waals surface area contributed by atoms with Crippen LogP contribution in [0.15, 0.2) is 30.3 Å². The molecule has 0 fully saturated rings. The molecule has 4 rings (SSSR count). The van der Waals surface area contributed by atoms with Gasteiger partial charge in [0.1, 0.15) is 5.75 Å². The molecule has 0 atom stereocenters. The molecule has 0 radical (unpaired) electrons. The number of nitrogens with one attached hydrogen (secondary N) is 1. The van der Waals surface area contributed by atoms with Gasteiger partial charge in [-0.1, -0.05) is 11.3 Å². The summed E-state index contributed by atoms with van der Waals surface area (Å²) in [5, 5.41) is 3.35. The summed E-state index contributed by atoms with van der Waals surface area (Å²) in [4.78, 5) is 16.6. The number of thiazole rings is 1. The maximum absolute atomic E-state index is 12.1. The molecular weight excluding hydrogens is 340 g/mol. The zero-order chi connectivity index (χ0) is 17.4. The Labute approximate surface area is 148 Å². The standard InChI is InChI=1S/C18H16N2O4S/c1-10-5-13-16(6-11(10)2)25-18(19-13)20-17(21)8-22-12-3-4-14-15(7-12)24-9-23-14/h3-7H,8-9H2,1-2H3,(H,19,20,21). The molecule has 1 aliphatic heterocycles. The fourth-order valence-corrected chi connectivity index (χ4v) is 3.47. The van der Waals surface area contributed by atoms with Crippen LogP contribution < -0.4 is 19.5 Å². The van der Waals surface area contributed by atoms with Crippen molar-refractivity contribution in [2.75, 3.05) is 18.7 Å². The normalized spacial score (nSPS) is 12.4. The fraction of sp³-hybridized carbons (Fsp3) is 0.222. The number of aryl methyl sites for hydroxylation is 2. The number of benzene rings is 2. The van der Waals surface area contributed by atoms with E-state index in [2.05, 4.69) is 23.3 Å². The number of ether oxygens (including phenoxy) is 3. The van der Waals surface area contributed by atoms with E-state index in [0.29, 0.717) is 22.4 Å². The fourth-order valence-electron chi connectivity index (χ4n) is 2.50. The summed E-state index contributed by atoms with van der Waals surface area (Å²) in [6.07, 6.45) is 0. The Hall–Kier alpha value is -2.80. The highest BCUT2D eigenvalue weighted by Gasteiger charge is 2.15. The van der Waals surface area contributed by atoms with Gasteiger partial charge in [0.25, 0.3) is 5.91 Å². The lowest BCUT2D eigenvalue weighted by Gasteiger charge is -2.06. The Balaban J connectivity index is 1.40. The molecule has 0 unspecified atom stereocenters. The van der Waals surface area contributed by atoms with Crippen molar-refractivity contribution in [3.05, 3.63) is 41.5 Å². The van der Waals surface area contributed by atoms with Gasteiger partial charge in [-0.2, -0.15) is 0 Å². The summed E-state index contributed by atoms with van der Waals surface area (Å²) in [5.41, 5.74) is 3.28. The van der Waals surface area contributed by atoms with Crippen molar-refractivity contribution >= 4 is 32.6 Å². The molecule has 0 bridgehead atoms. The Kier molecular flexibility index (Phi) is 3.93. The molecule has 1 N–H and O–H groups in total. The summed E-state index contributed by atoms with van der Waals surface area (Å²) < 4.78 is 17.1. The number of fused-ring (bicyclic) bond motifs is 2. The first-order valence-electron chi connectivity index (χ1n) is 7.78. The van der Waals surface area contributed by atoms with Crippen LogP contribution in [0.2, 0.25) is 0 Å². The Bertz CT molecular complexity index is 928. The van der Waals surface area contributed by atoms with Gasteiger partial charge in [-0.25, -0.2) is 4.98 Å². The van der Waals surface area contributed by atoms with Crippen LogP contribution >= 0.6 is 11.3 Å². The van der Waals surface area contributed by atoms with E-state index in [0.717, 1.165) is 10.2 Å². The second kappa shape index (κ2) is 6.25. The smallest absolute Gasteiger partial charge is 0.264 e. The van der Waals surface area contributed by atoms with Crippen LogP contribution in [0.5, 0.6) is 17.2 Å². The second-order valence-corrected chi connectivity index (χ2v) is 6.81. The summed E-state index contributed by atoms with van der Waals surface area (Å²) in [5.74, 6) is 1.59. The van der Waals surface area contributed by atoms with Crippen LogP contribution in [0, 0.1) is 13.8 Å². The molecule has 128 valence electrons. The minimum atomic E-state index is -0.259. The highest BCUT2D eigenvalue weighted by molar-refractivity contribution is 7.22. The first-order chi connectivity index (χ1) is 12.1. The molecule has 25 heavy (non-hydrogen) atoms. The Morgan fingerprint density at radius 3 is 2.88 bits per heavy atom. The van der Waals surface area contributed by atoms with Crippen LogP contribution in [0.25, 0.3) is 10.2 Å². The van der Waals surface area contributed by atoms with Crippen molar-refractivity contribution < 1.29 is 19.0 Å². The van der Waals surface area contributed by atoms with E-state index in [1.807, 2.05) is 13.0 Å². The summed E-state index contributed by atoms with van der Waals surface area (Å²) in [6.45, 7) is 4.21. The predicted octanol–water partition coefficient (Wildman–Crippen LogP) is 3.66. The van der Waals surface area contributed by atoms with Gasteiger partial charge in [-0.05, 0) is 49.2 Å². The van der Waals surface area contributed by atoms with E-state index < -0.39 is 0 Å². The number of hydrogen-bond donors (Lipinski definition) is 1. The summed E-state index contributed by atoms with van der Waals surface area (Å²) in [6, 6.07) is 9.32. The van der Waals surface area contributed by atoms with Gasteiger partial charge in [0, 0.05) is 6.07 Å². The van der Waals surface area contributed by atoms with Gasteiger partial charge >= 0.3 is 0 Å². The lowest BCUT2D eigenvalue weighted by Crippen LogP contribution is -2.19. The molecule has 1 aromatic heterocycles. The van der Waals surface area contributed by atoms with E-state index in [-0.39, 0.29) is 19.3 Å². The summed E-state index contributed by atoms with van der Waals surface area (Å²) >= 11 is 1.45. The average molecular weight is 356 g/mol. The van der Waals surface area contributed by atoms with Gasteiger partial charge < -0.3 is 14.2 Å². The van der Waals surface area contributed by atoms with E-state index in [1.165, 1.54) is 22.5 Å². The van der Waals surface area contributed by atoms with Crippen LogP contribution in [0.4, 0.5) is 5.13 Å². The molecule has 1 aliphatic rings. The minimum absolute atomic E-state index is 0.104. The molecule has 2 heterocycles. The molecule has 0 saturated heterocycles. The SMILES string of the molecule is Cc1cc2nc(NC(=O)COc3ccc4c(c3)OCO4)sc2cc1C. The first-order valence-corrected chi connectivity index (χ1v) is 8.60. The maximum atomic E-state index is 12.1. The van der Waals surface area contributed by atoms with Gasteiger partial charge in [-0.15, -0.1) is 0 Å². The third-order valence-corrected chi connectivity index (χ3v) is 4.90. The highest BCUT2D eigenvalue weighted by Crippen LogP contribution is 2.35. The zero-order valence-corrected chi connectivity index (χ0v) is 14.6. The predicted molar refractivity (Wildman–Crippen MR) is 95.8 cm³/mol. The number of anilines is 1. The highest BCUT2D eigenvalue weighted by atomic mass is 32.1. The van der Waals surface area contributed by atoms with Gasteiger partial charge in [0.05, 0.1) is 10.2 Å². The van der Waals surface area contributed by atoms with Crippen LogP contribution in [-0.4, -0.2) is 24.3 Å². The van der Waals surface area contributed by atoms with Gasteiger partial charge in [0.2, 0.25) is 6.79 Å². The number of nitrogens with zero attached hydrogens (tertiary/aromatic N) is 1. The van der Waals surface area contributed by atoms with Crippen molar-refractivity contribution in [2.45, 2.75) is 13.8 Å². The molecule has 0 spiro atoms. The number of carbonyl (C=O) groups excluding carboxylic acids is 1. The number of carbonyl (C=O) groups is 1. The molecule has 2 aromatic carbocycles. The average Bonchev–Trinajstić information content (AvgIpc) is 3.19. The maximum Gasteiger partial charge on any atom is 0.264 e. The topological polar surface area (TPSA) is 69.7 Å². The third-order valence-electron chi connectivity index (χ3n) is 3.96. The molecule has 7 heteroatoms. The summed E-state index contributed by atoms with van der Waals surface area (Å²) in [7, 11) is 0. The van der Waals surface area contributed by atoms with Crippen molar-refractivity contribution in [1.29, 1.82) is 0 Å². The lowest BCUT2D eigenvalue weighted by molar-refractivity contribution is -0.118. The lowest BCUT2D eigenvalue weighted by atomic mass is 10.1. The Morgan fingerprint density at radius 2 is 2.00 bits per heavy atom. The van der Waals surface area contributed by atoms with Crippen molar-refractivity contribution in [1.82, 2.24) is 4.98 Å². The van der Waals surface area contributed by atoms with Crippen LogP contribution in [0.1, 0.15) is 11.1 Å². The van der Waals surface area contributed by atoms with E-state index in [9.17, 15) is 4.79 Å². The van der Waals surface area contributed by atoms with Crippen molar-refractivity contribution in [2.24, 2.45) is 0 Å². The van der Waals surface area contributed by atoms with E-state index in [1.54, 1.807) is 18.2 Å². The third kappa shape index (κ3) is 3.23. The number of aromatic nitrogens is 1. The molecule has 1 amide bonds. The second-order valence-electron chi connectivity index (χ2n) is 5.78. The van der Waals surface area contributed by atoms with E-state index in [4.69, 9.17) is 14.2 Å². The van der Waals surface area contributed by atoms with Crippen molar-refractivity contribution in [3.8, 4) is 17.2 Å². The van der Waals surface area contributed by atoms with Gasteiger partial charge in [0.15, 0.2) is 23.2 Å². The molecular formula is C18H16N2O4S. The number of rotatable bonds is 4. The largest absolute Gasteiger partial charge is 0.484 e. The molecule has 6 nitrogen and oxygen atoms in total. The monoisotopic (exact) mass is 356 g/mol. The number of amides is 1. The first kappa shape index (κ1) is 15.7.